The van der Waals surface area contributed by atoms with Crippen molar-refractivity contribution in [2.24, 2.45) is 0 Å². The normalized spacial score (nSPS) is 10.9. The Hall–Kier alpha value is -2.11. The molecule has 8 nitrogen and oxygen atoms in total. The van der Waals surface area contributed by atoms with Crippen molar-refractivity contribution in [1.82, 2.24) is 15.2 Å². The van der Waals surface area contributed by atoms with Crippen molar-refractivity contribution in [3.05, 3.63) is 33.3 Å². The Kier molecular flexibility index (Phi) is 4.00. The van der Waals surface area contributed by atoms with Gasteiger partial charge in [0, 0.05) is 12.1 Å². The number of nitro groups is 1. The molecular weight excluding hydrogens is 348 g/mol. The van der Waals surface area contributed by atoms with Gasteiger partial charge in [0.25, 0.3) is 5.69 Å². The Morgan fingerprint density at radius 2 is 2.14 bits per heavy atom. The molecule has 0 saturated carbocycles. The van der Waals surface area contributed by atoms with Gasteiger partial charge in [0.1, 0.15) is 5.01 Å². The minimum Gasteiger partial charge on any atom is -0.481 e. The van der Waals surface area contributed by atoms with Crippen molar-refractivity contribution in [3.8, 4) is 0 Å². The summed E-state index contributed by atoms with van der Waals surface area (Å²) in [5.74, 6) is -0.958. The average Bonchev–Trinajstić information content (AvgIpc) is 3.03. The molecule has 0 bridgehead atoms. The number of hydrogen-bond donors (Lipinski definition) is 1. The number of benzene rings is 1. The van der Waals surface area contributed by atoms with Crippen molar-refractivity contribution in [2.75, 3.05) is 0 Å². The first-order valence-corrected chi connectivity index (χ1v) is 8.23. The average molecular weight is 354 g/mol. The first-order chi connectivity index (χ1) is 10.5. The molecule has 0 spiro atoms. The van der Waals surface area contributed by atoms with E-state index in [1.54, 1.807) is 6.07 Å². The molecule has 112 valence electrons. The Morgan fingerprint density at radius 3 is 2.86 bits per heavy atom. The molecule has 3 aromatic rings. The largest absolute Gasteiger partial charge is 0.481 e. The Balaban J connectivity index is 1.83. The summed E-state index contributed by atoms with van der Waals surface area (Å²) < 4.78 is 1.98. The van der Waals surface area contributed by atoms with Gasteiger partial charge in [-0.1, -0.05) is 11.3 Å². The third-order valence-electron chi connectivity index (χ3n) is 2.49. The van der Waals surface area contributed by atoms with Crippen molar-refractivity contribution < 1.29 is 14.8 Å². The standard InChI is InChI=1S/C11H6N4O4S3/c16-9(17)4-8-13-14-11(21-8)22-10-12-6-2-1-5(15(18)19)3-7(6)20-10/h1-3H,4H2,(H,16,17). The van der Waals surface area contributed by atoms with Crippen molar-refractivity contribution in [3.63, 3.8) is 0 Å². The fourth-order valence-corrected chi connectivity index (χ4v) is 4.79. The Labute approximate surface area is 135 Å². The van der Waals surface area contributed by atoms with E-state index in [1.165, 1.54) is 46.6 Å². The van der Waals surface area contributed by atoms with Crippen LogP contribution < -0.4 is 0 Å². The van der Waals surface area contributed by atoms with Crippen molar-refractivity contribution >= 4 is 56.3 Å². The fraction of sp³-hybridized carbons (Fsp3) is 0.0909. The number of nitrogens with zero attached hydrogens (tertiary/aromatic N) is 4. The number of carboxylic acid groups (broad SMARTS) is 1. The van der Waals surface area contributed by atoms with E-state index >= 15 is 0 Å². The lowest BCUT2D eigenvalue weighted by Gasteiger charge is -1.88. The molecule has 22 heavy (non-hydrogen) atoms. The predicted octanol–water partition coefficient (Wildman–Crippen LogP) is 2.83. The molecule has 0 radical (unpaired) electrons. The molecule has 0 fully saturated rings. The van der Waals surface area contributed by atoms with Gasteiger partial charge in [0.05, 0.1) is 21.6 Å². The summed E-state index contributed by atoms with van der Waals surface area (Å²) in [5.41, 5.74) is 0.695. The van der Waals surface area contributed by atoms with Crippen LogP contribution in [0.2, 0.25) is 0 Å². The number of carboxylic acids is 1. The van der Waals surface area contributed by atoms with Crippen LogP contribution in [0.5, 0.6) is 0 Å². The predicted molar refractivity (Wildman–Crippen MR) is 81.6 cm³/mol. The summed E-state index contributed by atoms with van der Waals surface area (Å²) in [6.07, 6.45) is -0.162. The van der Waals surface area contributed by atoms with E-state index in [4.69, 9.17) is 5.11 Å². The van der Waals surface area contributed by atoms with E-state index < -0.39 is 10.9 Å². The topological polar surface area (TPSA) is 119 Å². The highest BCUT2D eigenvalue weighted by atomic mass is 32.2. The van der Waals surface area contributed by atoms with E-state index in [1.807, 2.05) is 0 Å². The quantitative estimate of drug-likeness (QED) is 0.548. The van der Waals surface area contributed by atoms with Crippen LogP contribution in [-0.4, -0.2) is 31.2 Å². The third kappa shape index (κ3) is 3.21. The number of hydrogen-bond acceptors (Lipinski definition) is 9. The molecule has 1 aromatic carbocycles. The minimum atomic E-state index is -0.958. The molecule has 0 aliphatic carbocycles. The van der Waals surface area contributed by atoms with E-state index in [0.717, 1.165) is 0 Å². The third-order valence-corrected chi connectivity index (χ3v) is 5.54. The van der Waals surface area contributed by atoms with Crippen LogP contribution >= 0.6 is 34.4 Å². The number of rotatable bonds is 5. The maximum Gasteiger partial charge on any atom is 0.310 e. The Morgan fingerprint density at radius 1 is 1.32 bits per heavy atom. The van der Waals surface area contributed by atoms with Gasteiger partial charge in [-0.15, -0.1) is 21.5 Å². The Bertz CT molecular complexity index is 875. The van der Waals surface area contributed by atoms with Crippen LogP contribution in [0.4, 0.5) is 5.69 Å². The van der Waals surface area contributed by atoms with Gasteiger partial charge in [-0.05, 0) is 17.8 Å². The molecule has 0 atom stereocenters. The van der Waals surface area contributed by atoms with Gasteiger partial charge in [0.15, 0.2) is 8.68 Å². The van der Waals surface area contributed by atoms with Crippen LogP contribution in [-0.2, 0) is 11.2 Å². The van der Waals surface area contributed by atoms with Crippen LogP contribution in [0.1, 0.15) is 5.01 Å². The highest BCUT2D eigenvalue weighted by Crippen LogP contribution is 2.36. The molecule has 0 amide bonds. The zero-order chi connectivity index (χ0) is 15.7. The van der Waals surface area contributed by atoms with Crippen molar-refractivity contribution in [1.29, 1.82) is 0 Å². The first-order valence-electron chi connectivity index (χ1n) is 5.78. The second kappa shape index (κ2) is 5.94. The summed E-state index contributed by atoms with van der Waals surface area (Å²) >= 11 is 3.77. The van der Waals surface area contributed by atoms with Gasteiger partial charge in [0.2, 0.25) is 0 Å². The van der Waals surface area contributed by atoms with Crippen LogP contribution in [0.25, 0.3) is 10.2 Å². The lowest BCUT2D eigenvalue weighted by molar-refractivity contribution is -0.384. The maximum atomic E-state index is 10.8. The molecule has 1 N–H and O–H groups in total. The molecule has 3 rings (SSSR count). The zero-order valence-electron chi connectivity index (χ0n) is 10.6. The number of carbonyl (C=O) groups is 1. The van der Waals surface area contributed by atoms with Crippen LogP contribution in [0.15, 0.2) is 26.9 Å². The highest BCUT2D eigenvalue weighted by Gasteiger charge is 2.14. The molecule has 2 aromatic heterocycles. The minimum absolute atomic E-state index is 0.0207. The second-order valence-electron chi connectivity index (χ2n) is 4.02. The number of thiazole rings is 1. The lowest BCUT2D eigenvalue weighted by Crippen LogP contribution is -1.98. The summed E-state index contributed by atoms with van der Waals surface area (Å²) in [6, 6.07) is 4.49. The number of non-ortho nitro benzene ring substituents is 1. The highest BCUT2D eigenvalue weighted by molar-refractivity contribution is 8.02. The second-order valence-corrected chi connectivity index (χ2v) is 7.61. The summed E-state index contributed by atoms with van der Waals surface area (Å²) in [6.45, 7) is 0. The van der Waals surface area contributed by atoms with E-state index in [0.29, 0.717) is 23.9 Å². The maximum absolute atomic E-state index is 10.8. The van der Waals surface area contributed by atoms with Crippen LogP contribution in [0, 0.1) is 10.1 Å². The van der Waals surface area contributed by atoms with Crippen molar-refractivity contribution in [2.45, 2.75) is 15.1 Å². The lowest BCUT2D eigenvalue weighted by atomic mass is 10.3. The molecule has 0 unspecified atom stereocenters. The molecule has 0 aliphatic rings. The zero-order valence-corrected chi connectivity index (χ0v) is 13.1. The van der Waals surface area contributed by atoms with Crippen LogP contribution in [0.3, 0.4) is 0 Å². The summed E-state index contributed by atoms with van der Waals surface area (Å²) in [7, 11) is 0. The van der Waals surface area contributed by atoms with Gasteiger partial charge in [-0.25, -0.2) is 4.98 Å². The fourth-order valence-electron chi connectivity index (χ4n) is 1.60. The SMILES string of the molecule is O=C(O)Cc1nnc(Sc2nc3ccc([N+](=O)[O-])cc3s2)s1. The number of fused-ring (bicyclic) bond motifs is 1. The number of aliphatic carboxylic acids is 1. The number of aromatic nitrogens is 3. The first kappa shape index (κ1) is 14.8. The molecule has 0 saturated heterocycles. The summed E-state index contributed by atoms with van der Waals surface area (Å²) in [5, 5.41) is 27.6. The molecular formula is C11H6N4O4S3. The van der Waals surface area contributed by atoms with E-state index in [-0.39, 0.29) is 12.1 Å². The number of nitro benzene ring substituents is 1. The van der Waals surface area contributed by atoms with Gasteiger partial charge in [-0.3, -0.25) is 14.9 Å². The molecule has 2 heterocycles. The van der Waals surface area contributed by atoms with Gasteiger partial charge in [-0.2, -0.15) is 0 Å². The van der Waals surface area contributed by atoms with E-state index in [2.05, 4.69) is 15.2 Å². The summed E-state index contributed by atoms with van der Waals surface area (Å²) in [4.78, 5) is 25.3. The smallest absolute Gasteiger partial charge is 0.310 e. The molecule has 11 heteroatoms. The van der Waals surface area contributed by atoms with Gasteiger partial charge >= 0.3 is 5.97 Å². The van der Waals surface area contributed by atoms with E-state index in [9.17, 15) is 14.9 Å². The van der Waals surface area contributed by atoms with Gasteiger partial charge < -0.3 is 5.11 Å². The molecule has 0 aliphatic heterocycles. The monoisotopic (exact) mass is 354 g/mol.